The molecule has 0 fully saturated rings. The lowest BCUT2D eigenvalue weighted by atomic mass is 9.94. The van der Waals surface area contributed by atoms with E-state index in [9.17, 15) is 0 Å². The fraction of sp³-hybridized carbons (Fsp3) is 0. The van der Waals surface area contributed by atoms with Crippen LogP contribution in [0.1, 0.15) is 0 Å². The number of hydrogen-bond donors (Lipinski definition) is 0. The molecule has 0 aliphatic heterocycles. The number of hydrogen-bond acceptors (Lipinski definition) is 7. The standard InChI is InChI=1S/C56H32N4O2S/c1-4-12-47-42(9-1)43-25-24-38(30-49(43)61-47)56-59-54(35-19-15-33(16-20-35)39-8-7-29-57-32-39)58-55(60-56)36-21-17-34(18-22-36)41-28-27-40(52-46-11-2-5-13-48(46)62-53(41)52)37-23-26-45-44-10-3-6-14-50(44)63-51(45)31-37/h1-32H. The van der Waals surface area contributed by atoms with Crippen molar-refractivity contribution < 1.29 is 8.83 Å². The number of nitrogens with zero attached hydrogens (tertiary/aromatic N) is 4. The fourth-order valence-corrected chi connectivity index (χ4v) is 10.1. The van der Waals surface area contributed by atoms with Gasteiger partial charge < -0.3 is 8.83 Å². The van der Waals surface area contributed by atoms with Crippen LogP contribution in [0, 0.1) is 0 Å². The molecule has 6 nitrogen and oxygen atoms in total. The molecule has 0 saturated heterocycles. The maximum absolute atomic E-state index is 6.72. The molecule has 13 aromatic rings. The quantitative estimate of drug-likeness (QED) is 0.166. The molecule has 0 N–H and O–H groups in total. The Kier molecular flexibility index (Phi) is 7.98. The Labute approximate surface area is 364 Å². The summed E-state index contributed by atoms with van der Waals surface area (Å²) in [5.41, 5.74) is 12.4. The molecule has 8 aromatic carbocycles. The van der Waals surface area contributed by atoms with Gasteiger partial charge in [-0.2, -0.15) is 0 Å². The van der Waals surface area contributed by atoms with Gasteiger partial charge in [-0.05, 0) is 76.3 Å². The van der Waals surface area contributed by atoms with Crippen LogP contribution in [0.25, 0.3) is 132 Å². The zero-order chi connectivity index (χ0) is 41.4. The van der Waals surface area contributed by atoms with Crippen LogP contribution in [0.5, 0.6) is 0 Å². The summed E-state index contributed by atoms with van der Waals surface area (Å²) in [7, 11) is 0. The monoisotopic (exact) mass is 824 g/mol. The Morgan fingerprint density at radius 1 is 0.349 bits per heavy atom. The third kappa shape index (κ3) is 5.93. The number of thiophene rings is 1. The zero-order valence-corrected chi connectivity index (χ0v) is 34.3. The first-order chi connectivity index (χ1) is 31.2. The van der Waals surface area contributed by atoms with E-state index in [0.29, 0.717) is 17.5 Å². The van der Waals surface area contributed by atoms with Crippen LogP contribution >= 0.6 is 11.3 Å². The van der Waals surface area contributed by atoms with Crippen molar-refractivity contribution in [1.29, 1.82) is 0 Å². The summed E-state index contributed by atoms with van der Waals surface area (Å²) in [6, 6.07) is 63.2. The van der Waals surface area contributed by atoms with Crippen LogP contribution in [0.3, 0.4) is 0 Å². The molecule has 5 aromatic heterocycles. The lowest BCUT2D eigenvalue weighted by molar-refractivity contribution is 0.669. The second-order valence-corrected chi connectivity index (χ2v) is 16.9. The number of furan rings is 2. The predicted octanol–water partition coefficient (Wildman–Crippen LogP) is 15.4. The van der Waals surface area contributed by atoms with Crippen LogP contribution in [0.15, 0.2) is 203 Å². The first-order valence-electron chi connectivity index (χ1n) is 20.8. The molecule has 0 amide bonds. The smallest absolute Gasteiger partial charge is 0.164 e. The van der Waals surface area contributed by atoms with Crippen LogP contribution in [0.4, 0.5) is 0 Å². The molecule has 0 spiro atoms. The van der Waals surface area contributed by atoms with E-state index in [2.05, 4.69) is 151 Å². The van der Waals surface area contributed by atoms with E-state index < -0.39 is 0 Å². The summed E-state index contributed by atoms with van der Waals surface area (Å²) < 4.78 is 15.6. The van der Waals surface area contributed by atoms with Gasteiger partial charge >= 0.3 is 0 Å². The maximum Gasteiger partial charge on any atom is 0.164 e. The second kappa shape index (κ2) is 14.2. The number of fused-ring (bicyclic) bond motifs is 9. The Bertz CT molecular complexity index is 3910. The molecule has 5 heterocycles. The summed E-state index contributed by atoms with van der Waals surface area (Å²) >= 11 is 1.84. The van der Waals surface area contributed by atoms with Crippen LogP contribution in [-0.4, -0.2) is 19.9 Å². The molecule has 0 aliphatic rings. The van der Waals surface area contributed by atoms with Gasteiger partial charge in [0.2, 0.25) is 0 Å². The highest BCUT2D eigenvalue weighted by Crippen LogP contribution is 2.44. The van der Waals surface area contributed by atoms with Crippen molar-refractivity contribution in [3.8, 4) is 67.5 Å². The number of benzene rings is 8. The zero-order valence-electron chi connectivity index (χ0n) is 33.5. The topological polar surface area (TPSA) is 77.8 Å². The first kappa shape index (κ1) is 35.5. The normalized spacial score (nSPS) is 11.8. The molecule has 0 atom stereocenters. The number of para-hydroxylation sites is 2. The van der Waals surface area contributed by atoms with Gasteiger partial charge in [-0.15, -0.1) is 11.3 Å². The van der Waals surface area contributed by atoms with Gasteiger partial charge in [0.1, 0.15) is 22.3 Å². The third-order valence-corrected chi connectivity index (χ3v) is 13.2. The average Bonchev–Trinajstić information content (AvgIpc) is 4.05. The minimum Gasteiger partial charge on any atom is -0.456 e. The van der Waals surface area contributed by atoms with Gasteiger partial charge in [0.05, 0.1) is 0 Å². The highest BCUT2D eigenvalue weighted by Gasteiger charge is 2.20. The first-order valence-corrected chi connectivity index (χ1v) is 21.7. The van der Waals surface area contributed by atoms with Crippen molar-refractivity contribution >= 4 is 75.4 Å². The van der Waals surface area contributed by atoms with Crippen molar-refractivity contribution in [2.24, 2.45) is 0 Å². The SMILES string of the molecule is c1cncc(-c2ccc(-c3nc(-c4ccc(-c5ccc(-c6ccc7c(c6)sc6ccccc67)c6c5oc5ccccc56)cc4)nc(-c4ccc5c(c4)oc4ccccc45)n3)cc2)c1. The predicted molar refractivity (Wildman–Crippen MR) is 258 cm³/mol. The van der Waals surface area contributed by atoms with Crippen molar-refractivity contribution in [1.82, 2.24) is 19.9 Å². The molecule has 294 valence electrons. The largest absolute Gasteiger partial charge is 0.456 e. The summed E-state index contributed by atoms with van der Waals surface area (Å²) in [6.45, 7) is 0. The van der Waals surface area contributed by atoms with E-state index in [1.54, 1.807) is 6.20 Å². The van der Waals surface area contributed by atoms with Crippen molar-refractivity contribution in [2.45, 2.75) is 0 Å². The second-order valence-electron chi connectivity index (χ2n) is 15.8. The highest BCUT2D eigenvalue weighted by atomic mass is 32.1. The average molecular weight is 825 g/mol. The van der Waals surface area contributed by atoms with Crippen LogP contribution in [0.2, 0.25) is 0 Å². The highest BCUT2D eigenvalue weighted by molar-refractivity contribution is 7.25. The Balaban J connectivity index is 0.917. The van der Waals surface area contributed by atoms with Gasteiger partial charge in [-0.25, -0.2) is 15.0 Å². The van der Waals surface area contributed by atoms with Crippen molar-refractivity contribution in [2.75, 3.05) is 0 Å². The molecule has 63 heavy (non-hydrogen) atoms. The molecule has 0 radical (unpaired) electrons. The van der Waals surface area contributed by atoms with Gasteiger partial charge in [-0.1, -0.05) is 133 Å². The molecule has 0 saturated carbocycles. The lowest BCUT2D eigenvalue weighted by Gasteiger charge is -2.11. The van der Waals surface area contributed by atoms with E-state index in [1.165, 1.54) is 25.7 Å². The van der Waals surface area contributed by atoms with Gasteiger partial charge in [0.15, 0.2) is 17.5 Å². The Hall–Kier alpha value is -8.26. The third-order valence-electron chi connectivity index (χ3n) is 12.1. The number of aromatic nitrogens is 4. The number of rotatable bonds is 6. The van der Waals surface area contributed by atoms with Crippen LogP contribution < -0.4 is 0 Å². The van der Waals surface area contributed by atoms with Gasteiger partial charge in [-0.3, -0.25) is 4.98 Å². The molecule has 0 bridgehead atoms. The molecular formula is C56H32N4O2S. The van der Waals surface area contributed by atoms with E-state index >= 15 is 0 Å². The fourth-order valence-electron chi connectivity index (χ4n) is 8.96. The van der Waals surface area contributed by atoms with Crippen molar-refractivity contribution in [3.63, 3.8) is 0 Å². The molecule has 13 rings (SSSR count). The molecule has 0 aliphatic carbocycles. The van der Waals surface area contributed by atoms with Crippen molar-refractivity contribution in [3.05, 3.63) is 194 Å². The molecule has 0 unspecified atom stereocenters. The number of pyridine rings is 1. The lowest BCUT2D eigenvalue weighted by Crippen LogP contribution is -2.00. The molecular weight excluding hydrogens is 793 g/mol. The van der Waals surface area contributed by atoms with E-state index in [-0.39, 0.29) is 0 Å². The summed E-state index contributed by atoms with van der Waals surface area (Å²) in [5.74, 6) is 1.71. The Morgan fingerprint density at radius 2 is 0.921 bits per heavy atom. The van der Waals surface area contributed by atoms with E-state index in [0.717, 1.165) is 88.4 Å². The Morgan fingerprint density at radius 3 is 1.68 bits per heavy atom. The maximum atomic E-state index is 6.72. The van der Waals surface area contributed by atoms with E-state index in [4.69, 9.17) is 23.8 Å². The summed E-state index contributed by atoms with van der Waals surface area (Å²) in [5, 5.41) is 6.91. The van der Waals surface area contributed by atoms with Crippen LogP contribution in [-0.2, 0) is 0 Å². The minimum atomic E-state index is 0.561. The summed E-state index contributed by atoms with van der Waals surface area (Å²) in [6.07, 6.45) is 3.65. The van der Waals surface area contributed by atoms with Gasteiger partial charge in [0, 0.05) is 76.4 Å². The molecule has 7 heteroatoms. The van der Waals surface area contributed by atoms with E-state index in [1.807, 2.05) is 53.9 Å². The summed E-state index contributed by atoms with van der Waals surface area (Å²) in [4.78, 5) is 19.5. The van der Waals surface area contributed by atoms with Gasteiger partial charge in [0.25, 0.3) is 0 Å². The minimum absolute atomic E-state index is 0.561.